The number of rotatable bonds is 2. The van der Waals surface area contributed by atoms with Gasteiger partial charge in [0.2, 0.25) is 0 Å². The van der Waals surface area contributed by atoms with Gasteiger partial charge in [0, 0.05) is 5.69 Å². The first-order chi connectivity index (χ1) is 7.08. The van der Waals surface area contributed by atoms with Gasteiger partial charge < -0.3 is 5.73 Å². The third-order valence-electron chi connectivity index (χ3n) is 2.46. The number of fused-ring (bicyclic) bond motifs is 1. The van der Waals surface area contributed by atoms with Crippen LogP contribution in [0.5, 0.6) is 0 Å². The molecular weight excluding hydrogens is 190 g/mol. The van der Waals surface area contributed by atoms with Crippen molar-refractivity contribution in [3.63, 3.8) is 0 Å². The normalized spacial score (nSPS) is 11.4. The van der Waals surface area contributed by atoms with Crippen molar-refractivity contribution >= 4 is 16.6 Å². The van der Waals surface area contributed by atoms with Crippen molar-refractivity contribution in [3.05, 3.63) is 28.0 Å². The number of hydrogen-bond donors (Lipinski definition) is 3. The topological polar surface area (TPSA) is 74.7 Å². The zero-order valence-electron chi connectivity index (χ0n) is 8.92. The van der Waals surface area contributed by atoms with Gasteiger partial charge in [-0.05, 0) is 30.0 Å². The van der Waals surface area contributed by atoms with E-state index in [9.17, 15) is 4.79 Å². The molecule has 4 N–H and O–H groups in total. The van der Waals surface area contributed by atoms with E-state index in [1.54, 1.807) is 6.07 Å². The number of H-pyrrole nitrogens is 2. The van der Waals surface area contributed by atoms with E-state index in [0.29, 0.717) is 17.0 Å². The summed E-state index contributed by atoms with van der Waals surface area (Å²) in [7, 11) is 0. The summed E-state index contributed by atoms with van der Waals surface area (Å²) in [6, 6.07) is 3.69. The quantitative estimate of drug-likeness (QED) is 0.652. The maximum absolute atomic E-state index is 11.3. The van der Waals surface area contributed by atoms with Gasteiger partial charge in [-0.3, -0.25) is 15.0 Å². The highest BCUT2D eigenvalue weighted by Crippen LogP contribution is 2.20. The van der Waals surface area contributed by atoms with Gasteiger partial charge in [-0.2, -0.15) is 0 Å². The van der Waals surface area contributed by atoms with Crippen LogP contribution >= 0.6 is 0 Å². The van der Waals surface area contributed by atoms with Gasteiger partial charge in [0.15, 0.2) is 0 Å². The zero-order chi connectivity index (χ0) is 11.0. The first-order valence-corrected chi connectivity index (χ1v) is 5.06. The molecule has 15 heavy (non-hydrogen) atoms. The summed E-state index contributed by atoms with van der Waals surface area (Å²) < 4.78 is 0. The molecular formula is C11H15N3O. The van der Waals surface area contributed by atoms with Gasteiger partial charge >= 0.3 is 0 Å². The Morgan fingerprint density at radius 2 is 2.07 bits per heavy atom. The van der Waals surface area contributed by atoms with Crippen molar-refractivity contribution in [2.24, 2.45) is 5.92 Å². The van der Waals surface area contributed by atoms with E-state index in [2.05, 4.69) is 24.0 Å². The third kappa shape index (κ3) is 1.75. The lowest BCUT2D eigenvalue weighted by Gasteiger charge is -2.07. The number of hydrogen-bond acceptors (Lipinski definition) is 2. The number of nitrogens with two attached hydrogens (primary N) is 1. The number of benzene rings is 1. The zero-order valence-corrected chi connectivity index (χ0v) is 8.92. The summed E-state index contributed by atoms with van der Waals surface area (Å²) in [5.41, 5.74) is 8.39. The van der Waals surface area contributed by atoms with Gasteiger partial charge in [-0.25, -0.2) is 0 Å². The van der Waals surface area contributed by atoms with E-state index in [1.807, 2.05) is 6.07 Å². The number of aromatic amines is 2. The van der Waals surface area contributed by atoms with Crippen LogP contribution in [0.25, 0.3) is 10.9 Å². The fourth-order valence-electron chi connectivity index (χ4n) is 1.76. The number of nitrogens with one attached hydrogen (secondary N) is 2. The molecule has 0 aliphatic rings. The van der Waals surface area contributed by atoms with Crippen molar-refractivity contribution in [2.75, 3.05) is 5.73 Å². The molecule has 4 nitrogen and oxygen atoms in total. The van der Waals surface area contributed by atoms with Crippen LogP contribution in [0, 0.1) is 5.92 Å². The van der Waals surface area contributed by atoms with Crippen LogP contribution in [0.15, 0.2) is 16.9 Å². The van der Waals surface area contributed by atoms with Crippen molar-refractivity contribution in [1.82, 2.24) is 10.2 Å². The fourth-order valence-corrected chi connectivity index (χ4v) is 1.76. The van der Waals surface area contributed by atoms with E-state index in [1.165, 1.54) is 0 Å². The fraction of sp³-hybridized carbons (Fsp3) is 0.364. The second kappa shape index (κ2) is 3.46. The Morgan fingerprint density at radius 1 is 1.33 bits per heavy atom. The standard InChI is InChI=1S/C11H15N3O/c1-6(2)3-7-4-10-8(5-9(7)12)11(15)14-13-10/h4-6H,3,12H2,1-2H3,(H2,13,14,15). The van der Waals surface area contributed by atoms with E-state index in [4.69, 9.17) is 5.73 Å². The molecule has 0 aliphatic carbocycles. The maximum Gasteiger partial charge on any atom is 0.271 e. The Balaban J connectivity index is 2.58. The number of aromatic nitrogens is 2. The van der Waals surface area contributed by atoms with E-state index >= 15 is 0 Å². The van der Waals surface area contributed by atoms with Gasteiger partial charge in [-0.1, -0.05) is 13.8 Å². The van der Waals surface area contributed by atoms with Crippen LogP contribution < -0.4 is 11.3 Å². The summed E-state index contributed by atoms with van der Waals surface area (Å²) in [4.78, 5) is 11.3. The molecule has 0 amide bonds. The third-order valence-corrected chi connectivity index (χ3v) is 2.46. The summed E-state index contributed by atoms with van der Waals surface area (Å²) in [5.74, 6) is 0.551. The number of anilines is 1. The number of nitrogen functional groups attached to an aromatic ring is 1. The van der Waals surface area contributed by atoms with Crippen LogP contribution in [0.2, 0.25) is 0 Å². The monoisotopic (exact) mass is 205 g/mol. The van der Waals surface area contributed by atoms with Crippen molar-refractivity contribution in [3.8, 4) is 0 Å². The molecule has 2 rings (SSSR count). The first kappa shape index (κ1) is 9.83. The summed E-state index contributed by atoms with van der Waals surface area (Å²) in [5, 5.41) is 6.01. The minimum atomic E-state index is -0.118. The highest BCUT2D eigenvalue weighted by molar-refractivity contribution is 5.82. The lowest BCUT2D eigenvalue weighted by atomic mass is 10.0. The summed E-state index contributed by atoms with van der Waals surface area (Å²) >= 11 is 0. The Labute approximate surface area is 87.5 Å². The van der Waals surface area contributed by atoms with Gasteiger partial charge in [0.1, 0.15) is 0 Å². The smallest absolute Gasteiger partial charge is 0.271 e. The Kier molecular flexibility index (Phi) is 2.26. The summed E-state index contributed by atoms with van der Waals surface area (Å²) in [6.07, 6.45) is 0.926. The minimum absolute atomic E-state index is 0.118. The van der Waals surface area contributed by atoms with Crippen molar-refractivity contribution < 1.29 is 0 Å². The second-order valence-electron chi connectivity index (χ2n) is 4.27. The van der Waals surface area contributed by atoms with Crippen molar-refractivity contribution in [2.45, 2.75) is 20.3 Å². The molecule has 0 saturated heterocycles. The molecule has 1 aromatic heterocycles. The highest BCUT2D eigenvalue weighted by Gasteiger charge is 2.07. The molecule has 1 aromatic carbocycles. The van der Waals surface area contributed by atoms with E-state index in [0.717, 1.165) is 17.5 Å². The molecule has 80 valence electrons. The maximum atomic E-state index is 11.3. The Morgan fingerprint density at radius 3 is 2.73 bits per heavy atom. The van der Waals surface area contributed by atoms with Crippen LogP contribution in [0.4, 0.5) is 5.69 Å². The summed E-state index contributed by atoms with van der Waals surface area (Å²) in [6.45, 7) is 4.28. The first-order valence-electron chi connectivity index (χ1n) is 5.06. The molecule has 0 saturated carbocycles. The average Bonchev–Trinajstić information content (AvgIpc) is 2.48. The predicted molar refractivity (Wildman–Crippen MR) is 61.9 cm³/mol. The molecule has 0 aliphatic heterocycles. The lowest BCUT2D eigenvalue weighted by Crippen LogP contribution is -2.02. The van der Waals surface area contributed by atoms with E-state index < -0.39 is 0 Å². The molecule has 0 fully saturated rings. The van der Waals surface area contributed by atoms with Crippen LogP contribution in [-0.4, -0.2) is 10.2 Å². The highest BCUT2D eigenvalue weighted by atomic mass is 16.1. The molecule has 0 unspecified atom stereocenters. The Hall–Kier alpha value is -1.71. The van der Waals surface area contributed by atoms with Crippen LogP contribution in [0.1, 0.15) is 19.4 Å². The lowest BCUT2D eigenvalue weighted by molar-refractivity contribution is 0.649. The molecule has 0 bridgehead atoms. The van der Waals surface area contributed by atoms with Gasteiger partial charge in [0.25, 0.3) is 5.56 Å². The molecule has 0 atom stereocenters. The SMILES string of the molecule is CC(C)Cc1cc2[nH][nH]c(=O)c2cc1N. The minimum Gasteiger partial charge on any atom is -0.398 e. The van der Waals surface area contributed by atoms with Gasteiger partial charge in [0.05, 0.1) is 10.9 Å². The van der Waals surface area contributed by atoms with Crippen LogP contribution in [-0.2, 0) is 6.42 Å². The largest absolute Gasteiger partial charge is 0.398 e. The predicted octanol–water partition coefficient (Wildman–Crippen LogP) is 1.64. The van der Waals surface area contributed by atoms with E-state index in [-0.39, 0.29) is 5.56 Å². The molecule has 2 aromatic rings. The van der Waals surface area contributed by atoms with Crippen LogP contribution in [0.3, 0.4) is 0 Å². The Bertz CT molecular complexity index is 536. The molecule has 1 heterocycles. The van der Waals surface area contributed by atoms with Gasteiger partial charge in [-0.15, -0.1) is 0 Å². The average molecular weight is 205 g/mol. The second-order valence-corrected chi connectivity index (χ2v) is 4.27. The van der Waals surface area contributed by atoms with Crippen molar-refractivity contribution in [1.29, 1.82) is 0 Å². The molecule has 0 radical (unpaired) electrons. The molecule has 4 heteroatoms. The molecule has 0 spiro atoms.